The van der Waals surface area contributed by atoms with Gasteiger partial charge in [-0.2, -0.15) is 0 Å². The lowest BCUT2D eigenvalue weighted by molar-refractivity contribution is 0.0215. The molecule has 1 aliphatic carbocycles. The summed E-state index contributed by atoms with van der Waals surface area (Å²) in [7, 11) is 1.65. The highest BCUT2D eigenvalue weighted by molar-refractivity contribution is 5.69. The maximum Gasteiger partial charge on any atom is 0.410 e. The second kappa shape index (κ2) is 8.50. The van der Waals surface area contributed by atoms with E-state index in [2.05, 4.69) is 4.98 Å². The Hall–Kier alpha value is -2.76. The number of ether oxygens (including phenoxy) is 3. The number of carbonyl (C=O) groups is 1. The molecule has 0 bridgehead atoms. The minimum absolute atomic E-state index is 0.244. The number of amides is 1. The molecule has 0 spiro atoms. The van der Waals surface area contributed by atoms with E-state index in [0.717, 1.165) is 41.9 Å². The lowest BCUT2D eigenvalue weighted by Gasteiger charge is -2.32. The SMILES string of the molecule is COc1ccc(C2CCN(Cc3cccnc3)C(=O)O2)cc1OC1CCCC1. The molecule has 0 radical (unpaired) electrons. The predicted octanol–water partition coefficient (Wildman–Crippen LogP) is 4.50. The van der Waals surface area contributed by atoms with Crippen molar-refractivity contribution in [1.82, 2.24) is 9.88 Å². The quantitative estimate of drug-likeness (QED) is 0.736. The number of carbonyl (C=O) groups excluding carboxylic acids is 1. The van der Waals surface area contributed by atoms with Gasteiger partial charge in [-0.25, -0.2) is 4.79 Å². The largest absolute Gasteiger partial charge is 0.493 e. The Kier molecular flexibility index (Phi) is 5.65. The van der Waals surface area contributed by atoms with Crippen LogP contribution in [0.3, 0.4) is 0 Å². The molecule has 2 aliphatic rings. The minimum atomic E-state index is -0.297. The van der Waals surface area contributed by atoms with Crippen molar-refractivity contribution in [2.24, 2.45) is 0 Å². The summed E-state index contributed by atoms with van der Waals surface area (Å²) in [5, 5.41) is 0. The molecule has 1 aromatic heterocycles. The molecule has 6 heteroatoms. The van der Waals surface area contributed by atoms with Gasteiger partial charge >= 0.3 is 6.09 Å². The lowest BCUT2D eigenvalue weighted by Crippen LogP contribution is -2.38. The van der Waals surface area contributed by atoms with Crippen LogP contribution in [0.1, 0.15) is 49.3 Å². The van der Waals surface area contributed by atoms with Gasteiger partial charge in [0, 0.05) is 25.4 Å². The second-order valence-electron chi connectivity index (χ2n) is 7.38. The summed E-state index contributed by atoms with van der Waals surface area (Å²) in [4.78, 5) is 18.3. The Morgan fingerprint density at radius 1 is 1.18 bits per heavy atom. The van der Waals surface area contributed by atoms with Crippen molar-refractivity contribution in [2.45, 2.75) is 50.9 Å². The molecule has 2 aromatic rings. The number of nitrogens with zero attached hydrogens (tertiary/aromatic N) is 2. The van der Waals surface area contributed by atoms with Crippen LogP contribution in [-0.2, 0) is 11.3 Å². The Balaban J connectivity index is 1.43. The van der Waals surface area contributed by atoms with E-state index in [1.54, 1.807) is 24.4 Å². The highest BCUT2D eigenvalue weighted by atomic mass is 16.6. The molecule has 2 heterocycles. The maximum absolute atomic E-state index is 12.5. The van der Waals surface area contributed by atoms with Gasteiger partial charge in [-0.05, 0) is 55.0 Å². The van der Waals surface area contributed by atoms with E-state index in [1.807, 2.05) is 30.3 Å². The molecule has 1 unspecified atom stereocenters. The normalized spacial score (nSPS) is 20.1. The number of pyridine rings is 1. The number of hydrogen-bond acceptors (Lipinski definition) is 5. The van der Waals surface area contributed by atoms with Crippen LogP contribution in [0.15, 0.2) is 42.7 Å². The summed E-state index contributed by atoms with van der Waals surface area (Å²) in [5.41, 5.74) is 1.94. The van der Waals surface area contributed by atoms with Gasteiger partial charge in [0.2, 0.25) is 0 Å². The minimum Gasteiger partial charge on any atom is -0.493 e. The van der Waals surface area contributed by atoms with Gasteiger partial charge in [-0.15, -0.1) is 0 Å². The van der Waals surface area contributed by atoms with E-state index >= 15 is 0 Å². The van der Waals surface area contributed by atoms with Crippen molar-refractivity contribution in [3.05, 3.63) is 53.9 Å². The van der Waals surface area contributed by atoms with Gasteiger partial charge in [0.1, 0.15) is 6.10 Å². The van der Waals surface area contributed by atoms with Crippen molar-refractivity contribution in [2.75, 3.05) is 13.7 Å². The molecule has 1 atom stereocenters. The number of methoxy groups -OCH3 is 1. The Morgan fingerprint density at radius 3 is 2.75 bits per heavy atom. The molecule has 2 fully saturated rings. The predicted molar refractivity (Wildman–Crippen MR) is 104 cm³/mol. The molecule has 1 amide bonds. The van der Waals surface area contributed by atoms with Crippen LogP contribution in [-0.4, -0.2) is 35.7 Å². The van der Waals surface area contributed by atoms with Gasteiger partial charge in [0.15, 0.2) is 11.5 Å². The van der Waals surface area contributed by atoms with Crippen LogP contribution in [0.4, 0.5) is 4.79 Å². The summed E-state index contributed by atoms with van der Waals surface area (Å²) in [5.74, 6) is 1.46. The van der Waals surface area contributed by atoms with E-state index < -0.39 is 0 Å². The standard InChI is InChI=1S/C22H26N2O4/c1-26-20-9-8-17(13-21(20)27-18-6-2-3-7-18)19-10-12-24(22(25)28-19)15-16-5-4-11-23-14-16/h4-5,8-9,11,13-14,18-19H,2-3,6-7,10,12,15H2,1H3. The van der Waals surface area contributed by atoms with Gasteiger partial charge in [0.05, 0.1) is 19.8 Å². The van der Waals surface area contributed by atoms with E-state index in [4.69, 9.17) is 14.2 Å². The molecular formula is C22H26N2O4. The monoisotopic (exact) mass is 382 g/mol. The number of rotatable bonds is 6. The first-order valence-electron chi connectivity index (χ1n) is 9.92. The zero-order chi connectivity index (χ0) is 19.3. The molecule has 0 N–H and O–H groups in total. The molecule has 1 saturated carbocycles. The fourth-order valence-corrected chi connectivity index (χ4v) is 3.88. The first kappa shape index (κ1) is 18.6. The number of hydrogen-bond donors (Lipinski definition) is 0. The number of cyclic esters (lactones) is 1. The fraction of sp³-hybridized carbons (Fsp3) is 0.455. The highest BCUT2D eigenvalue weighted by Crippen LogP contribution is 2.36. The Bertz CT molecular complexity index is 805. The van der Waals surface area contributed by atoms with Crippen LogP contribution in [0.25, 0.3) is 0 Å². The fourth-order valence-electron chi connectivity index (χ4n) is 3.88. The molecular weight excluding hydrogens is 356 g/mol. The van der Waals surface area contributed by atoms with Crippen molar-refractivity contribution in [1.29, 1.82) is 0 Å². The zero-order valence-electron chi connectivity index (χ0n) is 16.2. The van der Waals surface area contributed by atoms with Crippen molar-refractivity contribution in [3.63, 3.8) is 0 Å². The summed E-state index contributed by atoms with van der Waals surface area (Å²) in [6.45, 7) is 1.15. The molecule has 1 saturated heterocycles. The molecule has 4 rings (SSSR count). The summed E-state index contributed by atoms with van der Waals surface area (Å²) >= 11 is 0. The average molecular weight is 382 g/mol. The molecule has 148 valence electrons. The third-order valence-electron chi connectivity index (χ3n) is 5.41. The molecule has 1 aromatic carbocycles. The third-order valence-corrected chi connectivity index (χ3v) is 5.41. The zero-order valence-corrected chi connectivity index (χ0v) is 16.2. The summed E-state index contributed by atoms with van der Waals surface area (Å²) in [6.07, 6.45) is 8.49. The lowest BCUT2D eigenvalue weighted by atomic mass is 10.0. The topological polar surface area (TPSA) is 60.9 Å². The van der Waals surface area contributed by atoms with Crippen molar-refractivity contribution < 1.29 is 19.0 Å². The smallest absolute Gasteiger partial charge is 0.410 e. The van der Waals surface area contributed by atoms with Gasteiger partial charge in [-0.1, -0.05) is 12.1 Å². The van der Waals surface area contributed by atoms with Gasteiger partial charge < -0.3 is 19.1 Å². The Labute approximate surface area is 165 Å². The first-order chi connectivity index (χ1) is 13.7. The van der Waals surface area contributed by atoms with Crippen LogP contribution >= 0.6 is 0 Å². The highest BCUT2D eigenvalue weighted by Gasteiger charge is 2.29. The number of aromatic nitrogens is 1. The van der Waals surface area contributed by atoms with Crippen LogP contribution in [0.5, 0.6) is 11.5 Å². The van der Waals surface area contributed by atoms with E-state index in [-0.39, 0.29) is 18.3 Å². The summed E-state index contributed by atoms with van der Waals surface area (Å²) in [6, 6.07) is 9.65. The van der Waals surface area contributed by atoms with Crippen LogP contribution < -0.4 is 9.47 Å². The third kappa shape index (κ3) is 4.21. The second-order valence-corrected chi connectivity index (χ2v) is 7.38. The Morgan fingerprint density at radius 2 is 2.04 bits per heavy atom. The van der Waals surface area contributed by atoms with Crippen molar-refractivity contribution in [3.8, 4) is 11.5 Å². The molecule has 28 heavy (non-hydrogen) atoms. The van der Waals surface area contributed by atoms with E-state index in [1.165, 1.54) is 12.8 Å². The van der Waals surface area contributed by atoms with Crippen LogP contribution in [0, 0.1) is 0 Å². The maximum atomic E-state index is 12.5. The number of benzene rings is 1. The summed E-state index contributed by atoms with van der Waals surface area (Å²) < 4.78 is 17.4. The van der Waals surface area contributed by atoms with Crippen LogP contribution in [0.2, 0.25) is 0 Å². The molecule has 1 aliphatic heterocycles. The van der Waals surface area contributed by atoms with E-state index in [9.17, 15) is 4.79 Å². The first-order valence-corrected chi connectivity index (χ1v) is 9.92. The van der Waals surface area contributed by atoms with Gasteiger partial charge in [0.25, 0.3) is 0 Å². The average Bonchev–Trinajstić information content (AvgIpc) is 3.23. The van der Waals surface area contributed by atoms with Gasteiger partial charge in [-0.3, -0.25) is 4.98 Å². The van der Waals surface area contributed by atoms with Crippen molar-refractivity contribution >= 4 is 6.09 Å². The van der Waals surface area contributed by atoms with E-state index in [0.29, 0.717) is 13.1 Å². The molecule has 6 nitrogen and oxygen atoms in total.